The molecule has 0 N–H and O–H groups in total. The summed E-state index contributed by atoms with van der Waals surface area (Å²) < 4.78 is 0. The summed E-state index contributed by atoms with van der Waals surface area (Å²) in [4.78, 5) is 20.3. The standard InChI is InChI=1S/C13H20ClN3OS/c1-16-5-3-7-17(9-13(16)18)6-2-4-12-15-11(8-14)10-19-12/h10H,2-9H2,1H3. The Morgan fingerprint density at radius 3 is 3.05 bits per heavy atom. The van der Waals surface area contributed by atoms with E-state index < -0.39 is 0 Å². The van der Waals surface area contributed by atoms with Crippen molar-refractivity contribution in [3.05, 3.63) is 16.1 Å². The molecule has 0 atom stereocenters. The van der Waals surface area contributed by atoms with E-state index in [1.165, 1.54) is 0 Å². The monoisotopic (exact) mass is 301 g/mol. The molecule has 4 nitrogen and oxygen atoms in total. The van der Waals surface area contributed by atoms with Crippen LogP contribution < -0.4 is 0 Å². The number of rotatable bonds is 5. The van der Waals surface area contributed by atoms with Gasteiger partial charge in [0.25, 0.3) is 0 Å². The van der Waals surface area contributed by atoms with Crippen molar-refractivity contribution in [1.29, 1.82) is 0 Å². The van der Waals surface area contributed by atoms with Gasteiger partial charge in [0.05, 0.1) is 23.1 Å². The molecule has 1 amide bonds. The summed E-state index contributed by atoms with van der Waals surface area (Å²) in [5.74, 6) is 0.722. The van der Waals surface area contributed by atoms with Gasteiger partial charge < -0.3 is 4.90 Å². The minimum Gasteiger partial charge on any atom is -0.345 e. The number of hydrogen-bond acceptors (Lipinski definition) is 4. The lowest BCUT2D eigenvalue weighted by molar-refractivity contribution is -0.129. The normalized spacial score (nSPS) is 17.8. The van der Waals surface area contributed by atoms with Gasteiger partial charge in [-0.15, -0.1) is 22.9 Å². The molecule has 1 aromatic heterocycles. The highest BCUT2D eigenvalue weighted by Crippen LogP contribution is 2.14. The van der Waals surface area contributed by atoms with Crippen LogP contribution in [0.25, 0.3) is 0 Å². The minimum atomic E-state index is 0.233. The first-order valence-corrected chi connectivity index (χ1v) is 8.06. The van der Waals surface area contributed by atoms with Crippen LogP contribution in [0.5, 0.6) is 0 Å². The van der Waals surface area contributed by atoms with Crippen molar-refractivity contribution in [2.75, 3.05) is 33.2 Å². The molecule has 1 saturated heterocycles. The molecule has 106 valence electrons. The van der Waals surface area contributed by atoms with Crippen LogP contribution in [0.15, 0.2) is 5.38 Å². The summed E-state index contributed by atoms with van der Waals surface area (Å²) in [6.45, 7) is 3.42. The van der Waals surface area contributed by atoms with E-state index in [1.54, 1.807) is 11.3 Å². The quantitative estimate of drug-likeness (QED) is 0.780. The van der Waals surface area contributed by atoms with Crippen molar-refractivity contribution in [3.63, 3.8) is 0 Å². The number of carbonyl (C=O) groups excluding carboxylic acids is 1. The predicted molar refractivity (Wildman–Crippen MR) is 78.7 cm³/mol. The van der Waals surface area contributed by atoms with Crippen molar-refractivity contribution in [2.24, 2.45) is 0 Å². The van der Waals surface area contributed by atoms with Gasteiger partial charge in [-0.3, -0.25) is 9.69 Å². The predicted octanol–water partition coefficient (Wildman–Crippen LogP) is 1.98. The molecule has 1 aromatic rings. The lowest BCUT2D eigenvalue weighted by atomic mass is 10.3. The maximum absolute atomic E-state index is 11.8. The van der Waals surface area contributed by atoms with Gasteiger partial charge in [-0.2, -0.15) is 0 Å². The number of likely N-dealkylation sites (N-methyl/N-ethyl adjacent to an activating group) is 1. The molecular formula is C13H20ClN3OS. The summed E-state index contributed by atoms with van der Waals surface area (Å²) >= 11 is 7.41. The molecule has 2 rings (SSSR count). The molecule has 0 saturated carbocycles. The fourth-order valence-corrected chi connectivity index (χ4v) is 3.29. The Labute approximate surface area is 123 Å². The Morgan fingerprint density at radius 1 is 1.47 bits per heavy atom. The van der Waals surface area contributed by atoms with Gasteiger partial charge in [-0.1, -0.05) is 0 Å². The molecule has 0 bridgehead atoms. The Bertz CT molecular complexity index is 424. The van der Waals surface area contributed by atoms with Gasteiger partial charge in [0.1, 0.15) is 0 Å². The summed E-state index contributed by atoms with van der Waals surface area (Å²) in [6, 6.07) is 0. The number of aryl methyl sites for hydroxylation is 1. The molecule has 6 heteroatoms. The van der Waals surface area contributed by atoms with E-state index in [1.807, 2.05) is 17.3 Å². The molecule has 0 aliphatic carbocycles. The molecule has 2 heterocycles. The molecule has 0 spiro atoms. The van der Waals surface area contributed by atoms with Crippen LogP contribution in [-0.2, 0) is 17.1 Å². The summed E-state index contributed by atoms with van der Waals surface area (Å²) in [7, 11) is 1.88. The Balaban J connectivity index is 1.74. The highest BCUT2D eigenvalue weighted by Gasteiger charge is 2.18. The lowest BCUT2D eigenvalue weighted by Crippen LogP contribution is -2.34. The molecule has 19 heavy (non-hydrogen) atoms. The number of thiazole rings is 1. The first kappa shape index (κ1) is 14.8. The lowest BCUT2D eigenvalue weighted by Gasteiger charge is -2.18. The zero-order chi connectivity index (χ0) is 13.7. The number of aromatic nitrogens is 1. The SMILES string of the molecule is CN1CCCN(CCCc2nc(CCl)cs2)CC1=O. The van der Waals surface area contributed by atoms with Crippen LogP contribution in [0.3, 0.4) is 0 Å². The zero-order valence-corrected chi connectivity index (χ0v) is 12.8. The number of carbonyl (C=O) groups is 1. The van der Waals surface area contributed by atoms with Crippen LogP contribution in [0.1, 0.15) is 23.5 Å². The number of amides is 1. The summed E-state index contributed by atoms with van der Waals surface area (Å²) in [6.07, 6.45) is 3.09. The van der Waals surface area contributed by atoms with E-state index in [-0.39, 0.29) is 5.91 Å². The van der Waals surface area contributed by atoms with E-state index in [0.29, 0.717) is 12.4 Å². The van der Waals surface area contributed by atoms with E-state index in [2.05, 4.69) is 9.88 Å². The average Bonchev–Trinajstić information content (AvgIpc) is 2.79. The summed E-state index contributed by atoms with van der Waals surface area (Å²) in [5.41, 5.74) is 0.966. The largest absolute Gasteiger partial charge is 0.345 e. The van der Waals surface area contributed by atoms with Crippen molar-refractivity contribution in [1.82, 2.24) is 14.8 Å². The van der Waals surface area contributed by atoms with Crippen LogP contribution in [0.2, 0.25) is 0 Å². The first-order chi connectivity index (χ1) is 9.19. The average molecular weight is 302 g/mol. The van der Waals surface area contributed by atoms with Gasteiger partial charge in [-0.25, -0.2) is 4.98 Å². The smallest absolute Gasteiger partial charge is 0.236 e. The molecular weight excluding hydrogens is 282 g/mol. The zero-order valence-electron chi connectivity index (χ0n) is 11.3. The maximum Gasteiger partial charge on any atom is 0.236 e. The molecule has 0 aromatic carbocycles. The Hall–Kier alpha value is -0.650. The van der Waals surface area contributed by atoms with E-state index >= 15 is 0 Å². The fourth-order valence-electron chi connectivity index (χ4n) is 2.22. The van der Waals surface area contributed by atoms with Crippen molar-refractivity contribution in [2.45, 2.75) is 25.1 Å². The number of alkyl halides is 1. The van der Waals surface area contributed by atoms with Crippen LogP contribution in [-0.4, -0.2) is 53.9 Å². The minimum absolute atomic E-state index is 0.233. The van der Waals surface area contributed by atoms with Crippen LogP contribution >= 0.6 is 22.9 Å². The third kappa shape index (κ3) is 4.44. The molecule has 1 aliphatic heterocycles. The Morgan fingerprint density at radius 2 is 2.32 bits per heavy atom. The van der Waals surface area contributed by atoms with E-state index in [4.69, 9.17) is 11.6 Å². The van der Waals surface area contributed by atoms with E-state index in [9.17, 15) is 4.79 Å². The summed E-state index contributed by atoms with van der Waals surface area (Å²) in [5, 5.41) is 3.17. The third-order valence-corrected chi connectivity index (χ3v) is 4.58. The van der Waals surface area contributed by atoms with Gasteiger partial charge in [0.2, 0.25) is 5.91 Å². The van der Waals surface area contributed by atoms with Gasteiger partial charge in [-0.05, 0) is 19.4 Å². The third-order valence-electron chi connectivity index (χ3n) is 3.35. The molecule has 0 unspecified atom stereocenters. The molecule has 1 fully saturated rings. The van der Waals surface area contributed by atoms with Gasteiger partial charge in [0, 0.05) is 31.9 Å². The second-order valence-corrected chi connectivity index (χ2v) is 6.12. The number of nitrogens with zero attached hydrogens (tertiary/aromatic N) is 3. The first-order valence-electron chi connectivity index (χ1n) is 6.64. The topological polar surface area (TPSA) is 36.4 Å². The second kappa shape index (κ2) is 7.22. The molecule has 0 radical (unpaired) electrons. The fraction of sp³-hybridized carbons (Fsp3) is 0.692. The van der Waals surface area contributed by atoms with E-state index in [0.717, 1.165) is 49.6 Å². The van der Waals surface area contributed by atoms with Crippen molar-refractivity contribution < 1.29 is 4.79 Å². The number of hydrogen-bond donors (Lipinski definition) is 0. The van der Waals surface area contributed by atoms with Crippen molar-refractivity contribution in [3.8, 4) is 0 Å². The maximum atomic E-state index is 11.8. The van der Waals surface area contributed by atoms with Gasteiger partial charge in [0.15, 0.2) is 0 Å². The molecule has 1 aliphatic rings. The number of halogens is 1. The second-order valence-electron chi connectivity index (χ2n) is 4.91. The van der Waals surface area contributed by atoms with Gasteiger partial charge >= 0.3 is 0 Å². The highest BCUT2D eigenvalue weighted by atomic mass is 35.5. The highest BCUT2D eigenvalue weighted by molar-refractivity contribution is 7.09. The Kier molecular flexibility index (Phi) is 5.60. The van der Waals surface area contributed by atoms with Crippen LogP contribution in [0.4, 0.5) is 0 Å². The van der Waals surface area contributed by atoms with Crippen molar-refractivity contribution >= 4 is 28.8 Å². The van der Waals surface area contributed by atoms with Crippen LogP contribution in [0, 0.1) is 0 Å².